The lowest BCUT2D eigenvalue weighted by Gasteiger charge is -2.04. The van der Waals surface area contributed by atoms with Gasteiger partial charge >= 0.3 is 0 Å². The van der Waals surface area contributed by atoms with Gasteiger partial charge in [0.05, 0.1) is 11.8 Å². The molecule has 0 heterocycles. The van der Waals surface area contributed by atoms with E-state index in [4.69, 9.17) is 10.5 Å². The van der Waals surface area contributed by atoms with Gasteiger partial charge in [0.1, 0.15) is 5.75 Å². The average Bonchev–Trinajstić information content (AvgIpc) is 2.08. The van der Waals surface area contributed by atoms with Gasteiger partial charge < -0.3 is 10.5 Å². The number of primary amides is 1. The largest absolute Gasteiger partial charge is 0.465 e. The molecule has 3 nitrogen and oxygen atoms in total. The van der Waals surface area contributed by atoms with E-state index < -0.39 is 5.91 Å². The molecule has 1 amide bonds. The Morgan fingerprint density at radius 3 is 2.85 bits per heavy atom. The van der Waals surface area contributed by atoms with Crippen LogP contribution >= 0.6 is 15.9 Å². The number of amides is 1. The summed E-state index contributed by atoms with van der Waals surface area (Å²) in [5.41, 5.74) is 5.47. The fourth-order valence-electron chi connectivity index (χ4n) is 0.887. The molecule has 0 unspecified atom stereocenters. The Morgan fingerprint density at radius 1 is 1.62 bits per heavy atom. The molecular formula is C9H8BrNO2. The van der Waals surface area contributed by atoms with Crippen molar-refractivity contribution in [1.82, 2.24) is 0 Å². The SMILES string of the molecule is C=COc1ccc(Br)cc1C(N)=O. The summed E-state index contributed by atoms with van der Waals surface area (Å²) >= 11 is 3.23. The molecule has 1 aromatic rings. The number of hydrogen-bond donors (Lipinski definition) is 1. The van der Waals surface area contributed by atoms with Gasteiger partial charge in [-0.15, -0.1) is 0 Å². The predicted octanol–water partition coefficient (Wildman–Crippen LogP) is 2.07. The molecule has 4 heteroatoms. The van der Waals surface area contributed by atoms with E-state index >= 15 is 0 Å². The topological polar surface area (TPSA) is 52.3 Å². The Morgan fingerprint density at radius 2 is 2.31 bits per heavy atom. The molecule has 68 valence electrons. The van der Waals surface area contributed by atoms with Crippen molar-refractivity contribution in [3.63, 3.8) is 0 Å². The summed E-state index contributed by atoms with van der Waals surface area (Å²) in [6.07, 6.45) is 1.25. The van der Waals surface area contributed by atoms with Crippen LogP contribution in [-0.4, -0.2) is 5.91 Å². The van der Waals surface area contributed by atoms with Gasteiger partial charge in [-0.05, 0) is 18.2 Å². The third kappa shape index (κ3) is 2.32. The Bertz CT molecular complexity index is 349. The smallest absolute Gasteiger partial charge is 0.252 e. The van der Waals surface area contributed by atoms with Crippen molar-refractivity contribution < 1.29 is 9.53 Å². The molecule has 0 saturated carbocycles. The van der Waals surface area contributed by atoms with Crippen LogP contribution in [-0.2, 0) is 0 Å². The molecular weight excluding hydrogens is 234 g/mol. The van der Waals surface area contributed by atoms with Gasteiger partial charge in [0.25, 0.3) is 5.91 Å². The highest BCUT2D eigenvalue weighted by Crippen LogP contribution is 2.22. The third-order valence-corrected chi connectivity index (χ3v) is 1.91. The van der Waals surface area contributed by atoms with Crippen molar-refractivity contribution >= 4 is 21.8 Å². The minimum absolute atomic E-state index is 0.328. The highest BCUT2D eigenvalue weighted by Gasteiger charge is 2.08. The highest BCUT2D eigenvalue weighted by molar-refractivity contribution is 9.10. The highest BCUT2D eigenvalue weighted by atomic mass is 79.9. The van der Waals surface area contributed by atoms with E-state index in [1.54, 1.807) is 18.2 Å². The van der Waals surface area contributed by atoms with Gasteiger partial charge in [0.2, 0.25) is 0 Å². The van der Waals surface area contributed by atoms with Crippen molar-refractivity contribution in [3.8, 4) is 5.75 Å². The number of halogens is 1. The van der Waals surface area contributed by atoms with Crippen molar-refractivity contribution in [1.29, 1.82) is 0 Å². The second-order valence-electron chi connectivity index (χ2n) is 2.29. The fraction of sp³-hybridized carbons (Fsp3) is 0. The molecule has 0 fully saturated rings. The summed E-state index contributed by atoms with van der Waals surface area (Å²) < 4.78 is 5.77. The Labute approximate surface area is 84.3 Å². The van der Waals surface area contributed by atoms with Crippen molar-refractivity contribution in [2.75, 3.05) is 0 Å². The first kappa shape index (κ1) is 9.80. The number of nitrogens with two attached hydrogens (primary N) is 1. The van der Waals surface area contributed by atoms with Gasteiger partial charge in [-0.25, -0.2) is 0 Å². The molecule has 0 aliphatic heterocycles. The van der Waals surface area contributed by atoms with Crippen molar-refractivity contribution in [3.05, 3.63) is 41.1 Å². The van der Waals surface area contributed by atoms with Gasteiger partial charge in [0, 0.05) is 4.47 Å². The van der Waals surface area contributed by atoms with Gasteiger partial charge in [-0.2, -0.15) is 0 Å². The summed E-state index contributed by atoms with van der Waals surface area (Å²) in [6, 6.07) is 5.00. The maximum absolute atomic E-state index is 10.9. The quantitative estimate of drug-likeness (QED) is 0.825. The minimum atomic E-state index is -0.529. The lowest BCUT2D eigenvalue weighted by Crippen LogP contribution is -2.12. The number of ether oxygens (including phenoxy) is 1. The second kappa shape index (κ2) is 4.09. The molecule has 0 radical (unpaired) electrons. The van der Waals surface area contributed by atoms with Gasteiger partial charge in [-0.1, -0.05) is 22.5 Å². The average molecular weight is 242 g/mol. The monoisotopic (exact) mass is 241 g/mol. The lowest BCUT2D eigenvalue weighted by atomic mass is 10.2. The maximum atomic E-state index is 10.9. The van der Waals surface area contributed by atoms with E-state index in [1.807, 2.05) is 0 Å². The molecule has 13 heavy (non-hydrogen) atoms. The van der Waals surface area contributed by atoms with Crippen LogP contribution in [0.4, 0.5) is 0 Å². The van der Waals surface area contributed by atoms with Crippen molar-refractivity contribution in [2.24, 2.45) is 5.73 Å². The molecule has 0 spiro atoms. The Kier molecular flexibility index (Phi) is 3.08. The molecule has 2 N–H and O–H groups in total. The van der Waals surface area contributed by atoms with Crippen LogP contribution in [0, 0.1) is 0 Å². The number of rotatable bonds is 3. The first-order valence-electron chi connectivity index (χ1n) is 3.52. The van der Waals surface area contributed by atoms with E-state index in [0.29, 0.717) is 11.3 Å². The van der Waals surface area contributed by atoms with Crippen molar-refractivity contribution in [2.45, 2.75) is 0 Å². The zero-order valence-corrected chi connectivity index (χ0v) is 8.37. The van der Waals surface area contributed by atoms with Crippen LogP contribution in [0.25, 0.3) is 0 Å². The van der Waals surface area contributed by atoms with E-state index in [2.05, 4.69) is 22.5 Å². The maximum Gasteiger partial charge on any atom is 0.252 e. The summed E-state index contributed by atoms with van der Waals surface area (Å²) in [4.78, 5) is 10.9. The van der Waals surface area contributed by atoms with Crippen LogP contribution in [0.3, 0.4) is 0 Å². The Balaban J connectivity index is 3.17. The van der Waals surface area contributed by atoms with Crippen LogP contribution in [0.15, 0.2) is 35.5 Å². The van der Waals surface area contributed by atoms with Gasteiger partial charge in [0.15, 0.2) is 0 Å². The minimum Gasteiger partial charge on any atom is -0.465 e. The van der Waals surface area contributed by atoms with Crippen LogP contribution in [0.2, 0.25) is 0 Å². The summed E-state index contributed by atoms with van der Waals surface area (Å²) in [6.45, 7) is 3.39. The van der Waals surface area contributed by atoms with E-state index in [0.717, 1.165) is 4.47 Å². The first-order valence-corrected chi connectivity index (χ1v) is 4.31. The normalized spacial score (nSPS) is 9.31. The summed E-state index contributed by atoms with van der Waals surface area (Å²) in [5, 5.41) is 0. The third-order valence-electron chi connectivity index (χ3n) is 1.42. The lowest BCUT2D eigenvalue weighted by molar-refractivity contribution is 0.0998. The molecule has 0 bridgehead atoms. The molecule has 0 saturated heterocycles. The van der Waals surface area contributed by atoms with Crippen LogP contribution in [0.1, 0.15) is 10.4 Å². The zero-order valence-electron chi connectivity index (χ0n) is 6.79. The molecule has 1 rings (SSSR count). The number of hydrogen-bond acceptors (Lipinski definition) is 2. The van der Waals surface area contributed by atoms with E-state index in [9.17, 15) is 4.79 Å². The molecule has 0 aromatic heterocycles. The van der Waals surface area contributed by atoms with Gasteiger partial charge in [-0.3, -0.25) is 4.79 Å². The standard InChI is InChI=1S/C9H8BrNO2/c1-2-13-8-4-3-6(10)5-7(8)9(11)12/h2-5H,1H2,(H2,11,12). The molecule has 0 atom stereocenters. The van der Waals surface area contributed by atoms with Crippen LogP contribution < -0.4 is 10.5 Å². The Hall–Kier alpha value is -1.29. The molecule has 0 aliphatic carbocycles. The zero-order chi connectivity index (χ0) is 9.84. The van der Waals surface area contributed by atoms with E-state index in [-0.39, 0.29) is 0 Å². The summed E-state index contributed by atoms with van der Waals surface area (Å²) in [7, 11) is 0. The fourth-order valence-corrected chi connectivity index (χ4v) is 1.25. The first-order chi connectivity index (χ1) is 6.15. The van der Waals surface area contributed by atoms with E-state index in [1.165, 1.54) is 6.26 Å². The number of carbonyl (C=O) groups is 1. The molecule has 0 aliphatic rings. The van der Waals surface area contributed by atoms with Crippen LogP contribution in [0.5, 0.6) is 5.75 Å². The number of benzene rings is 1. The molecule has 1 aromatic carbocycles. The second-order valence-corrected chi connectivity index (χ2v) is 3.20. The number of carbonyl (C=O) groups excluding carboxylic acids is 1. The summed E-state index contributed by atoms with van der Waals surface area (Å²) in [5.74, 6) is -0.121. The predicted molar refractivity (Wildman–Crippen MR) is 53.5 cm³/mol.